The van der Waals surface area contributed by atoms with E-state index in [9.17, 15) is 5.11 Å². The summed E-state index contributed by atoms with van der Waals surface area (Å²) in [6.07, 6.45) is 2.53. The monoisotopic (exact) mass is 227 g/mol. The maximum atomic E-state index is 10.3. The molecule has 0 bridgehead atoms. The molecule has 17 heavy (non-hydrogen) atoms. The minimum Gasteiger partial charge on any atom is -0.507 e. The van der Waals surface area contributed by atoms with Crippen molar-refractivity contribution in [2.45, 2.75) is 31.8 Å². The lowest BCUT2D eigenvalue weighted by atomic mass is 10.0. The highest BCUT2D eigenvalue weighted by Gasteiger charge is 2.24. The van der Waals surface area contributed by atoms with Crippen molar-refractivity contribution in [3.05, 3.63) is 42.0 Å². The molecule has 0 aliphatic heterocycles. The normalized spacial score (nSPS) is 17.2. The predicted molar refractivity (Wildman–Crippen MR) is 70.2 cm³/mol. The molecule has 2 heteroatoms. The summed E-state index contributed by atoms with van der Waals surface area (Å²) >= 11 is 0. The highest BCUT2D eigenvalue weighted by atomic mass is 16.3. The van der Waals surface area contributed by atoms with Crippen molar-refractivity contribution in [2.75, 3.05) is 0 Å². The topological polar surface area (TPSA) is 32.3 Å². The molecule has 1 atom stereocenters. The quantitative estimate of drug-likeness (QED) is 0.842. The first-order valence-corrected chi connectivity index (χ1v) is 6.22. The third kappa shape index (κ3) is 2.01. The van der Waals surface area contributed by atoms with Crippen LogP contribution in [0.15, 0.2) is 36.4 Å². The molecule has 0 aromatic heterocycles. The number of hydrogen-bond acceptors (Lipinski definition) is 2. The Morgan fingerprint density at radius 2 is 1.94 bits per heavy atom. The molecule has 0 radical (unpaired) electrons. The van der Waals surface area contributed by atoms with Gasteiger partial charge in [0.2, 0.25) is 0 Å². The van der Waals surface area contributed by atoms with Gasteiger partial charge in [-0.2, -0.15) is 0 Å². The predicted octanol–water partition coefficient (Wildman–Crippen LogP) is 3.36. The van der Waals surface area contributed by atoms with Gasteiger partial charge < -0.3 is 10.4 Å². The summed E-state index contributed by atoms with van der Waals surface area (Å²) in [6, 6.07) is 12.9. The van der Waals surface area contributed by atoms with Crippen molar-refractivity contribution in [1.29, 1.82) is 0 Å². The first kappa shape index (κ1) is 10.6. The van der Waals surface area contributed by atoms with E-state index in [1.165, 1.54) is 12.8 Å². The third-order valence-electron chi connectivity index (χ3n) is 3.46. The first-order chi connectivity index (χ1) is 8.25. The van der Waals surface area contributed by atoms with Gasteiger partial charge in [-0.1, -0.05) is 36.4 Å². The van der Waals surface area contributed by atoms with E-state index in [2.05, 4.69) is 18.3 Å². The number of phenolic OH excluding ortho intramolecular Hbond substituents is 1. The number of hydrogen-bond donors (Lipinski definition) is 2. The largest absolute Gasteiger partial charge is 0.507 e. The highest BCUT2D eigenvalue weighted by Crippen LogP contribution is 2.33. The molecule has 2 N–H and O–H groups in total. The lowest BCUT2D eigenvalue weighted by Crippen LogP contribution is -2.20. The van der Waals surface area contributed by atoms with Crippen molar-refractivity contribution in [3.8, 4) is 5.75 Å². The van der Waals surface area contributed by atoms with Gasteiger partial charge in [-0.15, -0.1) is 0 Å². The summed E-state index contributed by atoms with van der Waals surface area (Å²) < 4.78 is 0. The van der Waals surface area contributed by atoms with Gasteiger partial charge in [-0.3, -0.25) is 0 Å². The smallest absolute Gasteiger partial charge is 0.128 e. The second-order valence-corrected chi connectivity index (χ2v) is 4.89. The Bertz CT molecular complexity index is 546. The molecule has 0 heterocycles. The summed E-state index contributed by atoms with van der Waals surface area (Å²) in [7, 11) is 0. The number of benzene rings is 2. The summed E-state index contributed by atoms with van der Waals surface area (Å²) in [5.41, 5.74) is 0.996. The van der Waals surface area contributed by atoms with Crippen LogP contribution in [0.4, 0.5) is 0 Å². The maximum Gasteiger partial charge on any atom is 0.128 e. The van der Waals surface area contributed by atoms with Gasteiger partial charge in [0.1, 0.15) is 5.75 Å². The second-order valence-electron chi connectivity index (χ2n) is 4.89. The second kappa shape index (κ2) is 4.04. The Balaban J connectivity index is 2.01. The molecule has 0 saturated heterocycles. The Labute approximate surface area is 101 Å². The molecule has 1 saturated carbocycles. The maximum absolute atomic E-state index is 10.3. The minimum absolute atomic E-state index is 0.215. The van der Waals surface area contributed by atoms with E-state index in [1.54, 1.807) is 0 Å². The zero-order valence-corrected chi connectivity index (χ0v) is 9.98. The molecule has 1 fully saturated rings. The van der Waals surface area contributed by atoms with E-state index < -0.39 is 0 Å². The van der Waals surface area contributed by atoms with Crippen LogP contribution >= 0.6 is 0 Å². The van der Waals surface area contributed by atoms with Crippen molar-refractivity contribution in [2.24, 2.45) is 0 Å². The average Bonchev–Trinajstić information content (AvgIpc) is 3.13. The van der Waals surface area contributed by atoms with Crippen LogP contribution in [-0.4, -0.2) is 11.1 Å². The van der Waals surface area contributed by atoms with Crippen LogP contribution in [-0.2, 0) is 0 Å². The van der Waals surface area contributed by atoms with Crippen molar-refractivity contribution < 1.29 is 5.11 Å². The molecule has 3 rings (SSSR count). The number of nitrogens with one attached hydrogen (secondary N) is 1. The SMILES string of the molecule is CC(NC1CC1)c1ccc2ccccc2c1O. The Morgan fingerprint density at radius 1 is 1.18 bits per heavy atom. The van der Waals surface area contributed by atoms with Gasteiger partial charge in [0.25, 0.3) is 0 Å². The minimum atomic E-state index is 0.215. The summed E-state index contributed by atoms with van der Waals surface area (Å²) in [5.74, 6) is 0.420. The number of phenols is 1. The average molecular weight is 227 g/mol. The van der Waals surface area contributed by atoms with Gasteiger partial charge in [0.05, 0.1) is 0 Å². The van der Waals surface area contributed by atoms with Crippen LogP contribution in [0, 0.1) is 0 Å². The highest BCUT2D eigenvalue weighted by molar-refractivity contribution is 5.89. The summed E-state index contributed by atoms with van der Waals surface area (Å²) in [4.78, 5) is 0. The molecule has 1 unspecified atom stereocenters. The molecule has 2 aromatic carbocycles. The molecule has 88 valence electrons. The lowest BCUT2D eigenvalue weighted by Gasteiger charge is -2.16. The van der Waals surface area contributed by atoms with E-state index >= 15 is 0 Å². The molecule has 1 aliphatic rings. The first-order valence-electron chi connectivity index (χ1n) is 6.22. The zero-order valence-electron chi connectivity index (χ0n) is 9.98. The van der Waals surface area contributed by atoms with Crippen LogP contribution in [0.5, 0.6) is 5.75 Å². The van der Waals surface area contributed by atoms with Gasteiger partial charge in [0.15, 0.2) is 0 Å². The van der Waals surface area contributed by atoms with Gasteiger partial charge in [-0.05, 0) is 25.2 Å². The number of aromatic hydroxyl groups is 1. The molecule has 0 amide bonds. The van der Waals surface area contributed by atoms with E-state index in [4.69, 9.17) is 0 Å². The molecule has 2 aromatic rings. The molecule has 0 spiro atoms. The molecular formula is C15H17NO. The Hall–Kier alpha value is -1.54. The van der Waals surface area contributed by atoms with Crippen molar-refractivity contribution in [1.82, 2.24) is 5.32 Å². The fraction of sp³-hybridized carbons (Fsp3) is 0.333. The van der Waals surface area contributed by atoms with Crippen LogP contribution in [0.1, 0.15) is 31.4 Å². The van der Waals surface area contributed by atoms with Crippen molar-refractivity contribution in [3.63, 3.8) is 0 Å². The van der Waals surface area contributed by atoms with Gasteiger partial charge >= 0.3 is 0 Å². The van der Waals surface area contributed by atoms with Crippen LogP contribution in [0.25, 0.3) is 10.8 Å². The summed E-state index contributed by atoms with van der Waals surface area (Å²) in [5, 5.41) is 15.9. The van der Waals surface area contributed by atoms with E-state index in [-0.39, 0.29) is 6.04 Å². The summed E-state index contributed by atoms with van der Waals surface area (Å²) in [6.45, 7) is 2.11. The lowest BCUT2D eigenvalue weighted by molar-refractivity contribution is 0.458. The third-order valence-corrected chi connectivity index (χ3v) is 3.46. The molecular weight excluding hydrogens is 210 g/mol. The number of fused-ring (bicyclic) bond motifs is 1. The van der Waals surface area contributed by atoms with Crippen LogP contribution in [0.3, 0.4) is 0 Å². The standard InChI is InChI=1S/C15H17NO/c1-10(16-12-7-8-12)13-9-6-11-4-2-3-5-14(11)15(13)17/h2-6,9-10,12,16-17H,7-8H2,1H3. The molecule has 1 aliphatic carbocycles. The fourth-order valence-corrected chi connectivity index (χ4v) is 2.31. The van der Waals surface area contributed by atoms with Crippen molar-refractivity contribution >= 4 is 10.8 Å². The van der Waals surface area contributed by atoms with Gasteiger partial charge in [0, 0.05) is 23.0 Å². The Morgan fingerprint density at radius 3 is 2.71 bits per heavy atom. The fourth-order valence-electron chi connectivity index (χ4n) is 2.31. The Kier molecular flexibility index (Phi) is 2.52. The van der Waals surface area contributed by atoms with Crippen LogP contribution in [0.2, 0.25) is 0 Å². The van der Waals surface area contributed by atoms with Crippen LogP contribution < -0.4 is 5.32 Å². The van der Waals surface area contributed by atoms with E-state index in [1.807, 2.05) is 30.3 Å². The molecule has 2 nitrogen and oxygen atoms in total. The van der Waals surface area contributed by atoms with E-state index in [0.717, 1.165) is 16.3 Å². The van der Waals surface area contributed by atoms with E-state index in [0.29, 0.717) is 11.8 Å². The van der Waals surface area contributed by atoms with Gasteiger partial charge in [-0.25, -0.2) is 0 Å². The number of rotatable bonds is 3. The zero-order chi connectivity index (χ0) is 11.8.